The van der Waals surface area contributed by atoms with Crippen LogP contribution >= 0.6 is 0 Å². The molecule has 0 amide bonds. The Labute approximate surface area is 507 Å². The van der Waals surface area contributed by atoms with Crippen molar-refractivity contribution in [2.45, 2.75) is 266 Å². The van der Waals surface area contributed by atoms with E-state index in [4.69, 9.17) is 47.4 Å². The number of hydrogen-bond donors (Lipinski definition) is 16. The molecule has 29 heteroatoms. The van der Waals surface area contributed by atoms with E-state index in [1.165, 1.54) is 20.8 Å². The van der Waals surface area contributed by atoms with Gasteiger partial charge in [-0.05, 0) is 118 Å². The summed E-state index contributed by atoms with van der Waals surface area (Å²) in [5.74, 6) is -5.14. The first kappa shape index (κ1) is 68.1. The molecule has 0 aromatic carbocycles. The van der Waals surface area contributed by atoms with Crippen molar-refractivity contribution in [3.63, 3.8) is 0 Å². The molecule has 33 atom stereocenters. The predicted octanol–water partition coefficient (Wildman–Crippen LogP) is -3.39. The Hall–Kier alpha value is -2.77. The van der Waals surface area contributed by atoms with Crippen molar-refractivity contribution in [3.05, 3.63) is 11.6 Å². The van der Waals surface area contributed by atoms with Crippen LogP contribution in [0.4, 0.5) is 0 Å². The van der Waals surface area contributed by atoms with E-state index < -0.39 is 230 Å². The third-order valence-corrected chi connectivity index (χ3v) is 23.2. The number of carbonyl (C=O) groups excluding carboxylic acids is 1. The van der Waals surface area contributed by atoms with Gasteiger partial charge in [0, 0.05) is 0 Å². The van der Waals surface area contributed by atoms with Gasteiger partial charge in [0.2, 0.25) is 6.29 Å². The number of ether oxygens (including phenoxy) is 10. The van der Waals surface area contributed by atoms with Crippen molar-refractivity contribution in [2.24, 2.45) is 50.2 Å². The first-order valence-corrected chi connectivity index (χ1v) is 30.7. The molecule has 4 saturated carbocycles. The number of carboxylic acids is 2. The zero-order chi connectivity index (χ0) is 64.7. The van der Waals surface area contributed by atoms with Crippen LogP contribution in [0, 0.1) is 50.2 Å². The molecule has 16 N–H and O–H groups in total. The van der Waals surface area contributed by atoms with Crippen molar-refractivity contribution in [1.29, 1.82) is 0 Å². The van der Waals surface area contributed by atoms with Crippen LogP contribution in [0.5, 0.6) is 0 Å². The number of aliphatic hydroxyl groups excluding tert-OH is 13. The fourth-order valence-electron chi connectivity index (χ4n) is 17.6. The number of esters is 1. The van der Waals surface area contributed by atoms with Crippen LogP contribution in [0.3, 0.4) is 0 Å². The summed E-state index contributed by atoms with van der Waals surface area (Å²) in [6.45, 7) is 12.4. The predicted molar refractivity (Wildman–Crippen MR) is 291 cm³/mol. The maximum atomic E-state index is 15.9. The summed E-state index contributed by atoms with van der Waals surface area (Å²) in [7, 11) is 0. The maximum Gasteiger partial charge on any atom is 0.335 e. The standard InChI is InChI=1S/C59H92O29/c1-22-30(63)39(83-46-36(69)33(66)32(65)27(19-60)82-46)38(71)48(80-22)86-42-40(84-50-43(72)59(78,20-61)21-79-50)31(64)23(2)81-49(42)88-52(77)58-15-13-53(3,4)17-25(58)24-9-10-28-54(5)18-26(62)44(87-47-37(70)34(67)35(68)41(85-47)45(73)74)57(8,51(75)76)29(54)11-12-56(28,7)55(24,6)14-16-58/h9,22-23,25-44,46-50,60-72,78H,10-21H2,1-8H3,(H,73,74)(H,75,76)/t22-,23+,25-,26-,27+,28?,29?,30-,31-,32+,33-,34-,35-,36+,37+,38+,39+,40-,41-,42+,43-,44-,46-,47-,48-,49-,50-,54+,55+,56+,57-,58-,59+/m0/s1. The number of hydrogen-bond acceptors (Lipinski definition) is 27. The number of fused-ring (bicyclic) bond motifs is 7. The van der Waals surface area contributed by atoms with Gasteiger partial charge in [0.1, 0.15) is 91.1 Å². The monoisotopic (exact) mass is 1260 g/mol. The molecule has 5 heterocycles. The zero-order valence-electron chi connectivity index (χ0n) is 50.6. The molecule has 10 aliphatic rings. The molecule has 0 aromatic heterocycles. The fourth-order valence-corrected chi connectivity index (χ4v) is 17.6. The van der Waals surface area contributed by atoms with Crippen LogP contribution in [-0.2, 0) is 61.8 Å². The Balaban J connectivity index is 0.956. The van der Waals surface area contributed by atoms with Gasteiger partial charge >= 0.3 is 17.9 Å². The van der Waals surface area contributed by atoms with Gasteiger partial charge in [-0.2, -0.15) is 0 Å². The van der Waals surface area contributed by atoms with Gasteiger partial charge in [0.15, 0.2) is 37.4 Å². The Morgan fingerprint density at radius 3 is 1.80 bits per heavy atom. The van der Waals surface area contributed by atoms with Crippen LogP contribution in [0.1, 0.15) is 113 Å². The van der Waals surface area contributed by atoms with E-state index in [0.717, 1.165) is 5.57 Å². The molecule has 2 unspecified atom stereocenters. The number of rotatable bonds is 14. The topological polar surface area (TPSA) is 467 Å². The number of carboxylic acid groups (broad SMARTS) is 2. The quantitative estimate of drug-likeness (QED) is 0.0458. The number of aliphatic hydroxyl groups is 14. The number of carbonyl (C=O) groups is 3. The van der Waals surface area contributed by atoms with Crippen LogP contribution in [0.25, 0.3) is 0 Å². The Morgan fingerprint density at radius 2 is 1.18 bits per heavy atom. The molecule has 0 spiro atoms. The molecule has 0 aromatic rings. The maximum absolute atomic E-state index is 15.9. The second-order valence-electron chi connectivity index (χ2n) is 28.7. The minimum atomic E-state index is -2.21. The van der Waals surface area contributed by atoms with Crippen LogP contribution in [0.2, 0.25) is 0 Å². The number of allylic oxidation sites excluding steroid dienone is 2. The van der Waals surface area contributed by atoms with Gasteiger partial charge in [-0.3, -0.25) is 9.59 Å². The molecule has 5 aliphatic heterocycles. The van der Waals surface area contributed by atoms with E-state index in [1.807, 2.05) is 6.92 Å². The lowest BCUT2D eigenvalue weighted by atomic mass is 9.33. The normalized spacial score (nSPS) is 54.4. The Kier molecular flexibility index (Phi) is 18.7. The van der Waals surface area contributed by atoms with E-state index in [9.17, 15) is 91.3 Å². The molecular formula is C59H92O29. The minimum Gasteiger partial charge on any atom is -0.481 e. The lowest BCUT2D eigenvalue weighted by Gasteiger charge is -2.71. The average Bonchev–Trinajstić information content (AvgIpc) is 0.761. The van der Waals surface area contributed by atoms with Crippen LogP contribution < -0.4 is 0 Å². The third kappa shape index (κ3) is 10.8. The fraction of sp³-hybridized carbons (Fsp3) is 0.915. The van der Waals surface area contributed by atoms with Crippen LogP contribution in [-0.4, -0.2) is 272 Å². The first-order valence-electron chi connectivity index (χ1n) is 30.7. The summed E-state index contributed by atoms with van der Waals surface area (Å²) < 4.78 is 60.1. The second-order valence-corrected chi connectivity index (χ2v) is 28.7. The lowest BCUT2D eigenvalue weighted by Crippen LogP contribution is -2.70. The molecule has 29 nitrogen and oxygen atoms in total. The smallest absolute Gasteiger partial charge is 0.335 e. The van der Waals surface area contributed by atoms with E-state index in [2.05, 4.69) is 33.8 Å². The summed E-state index contributed by atoms with van der Waals surface area (Å²) in [4.78, 5) is 41.7. The molecule has 88 heavy (non-hydrogen) atoms. The van der Waals surface area contributed by atoms with Gasteiger partial charge in [0.25, 0.3) is 0 Å². The van der Waals surface area contributed by atoms with Crippen LogP contribution in [0.15, 0.2) is 11.6 Å². The van der Waals surface area contributed by atoms with Gasteiger partial charge < -0.3 is 129 Å². The zero-order valence-corrected chi connectivity index (χ0v) is 50.6. The summed E-state index contributed by atoms with van der Waals surface area (Å²) >= 11 is 0. The highest BCUT2D eigenvalue weighted by Crippen LogP contribution is 2.76. The highest BCUT2D eigenvalue weighted by molar-refractivity contribution is 5.79. The van der Waals surface area contributed by atoms with Gasteiger partial charge in [0.05, 0.1) is 49.0 Å². The summed E-state index contributed by atoms with van der Waals surface area (Å²) in [5.41, 5.74) is -6.81. The van der Waals surface area contributed by atoms with Crippen molar-refractivity contribution in [1.82, 2.24) is 0 Å². The van der Waals surface area contributed by atoms with Crippen molar-refractivity contribution in [3.8, 4) is 0 Å². The van der Waals surface area contributed by atoms with Crippen molar-refractivity contribution < 1.29 is 143 Å². The summed E-state index contributed by atoms with van der Waals surface area (Å²) in [5, 5.41) is 174. The third-order valence-electron chi connectivity index (χ3n) is 23.2. The molecule has 5 saturated heterocycles. The second kappa shape index (κ2) is 24.2. The average molecular weight is 1270 g/mol. The van der Waals surface area contributed by atoms with Gasteiger partial charge in [-0.1, -0.05) is 46.3 Å². The van der Waals surface area contributed by atoms with Crippen molar-refractivity contribution >= 4 is 17.9 Å². The largest absolute Gasteiger partial charge is 0.481 e. The van der Waals surface area contributed by atoms with Gasteiger partial charge in [-0.15, -0.1) is 0 Å². The molecule has 0 radical (unpaired) electrons. The van der Waals surface area contributed by atoms with Crippen molar-refractivity contribution in [2.75, 3.05) is 19.8 Å². The minimum absolute atomic E-state index is 0.0126. The highest BCUT2D eigenvalue weighted by atomic mass is 16.8. The molecule has 5 aliphatic carbocycles. The van der Waals surface area contributed by atoms with Gasteiger partial charge in [-0.25, -0.2) is 4.79 Å². The lowest BCUT2D eigenvalue weighted by molar-refractivity contribution is -0.386. The van der Waals surface area contributed by atoms with E-state index >= 15 is 4.79 Å². The molecular weight excluding hydrogens is 1170 g/mol. The number of aliphatic carboxylic acids is 2. The molecule has 9 fully saturated rings. The molecule has 502 valence electrons. The van der Waals surface area contributed by atoms with E-state index in [-0.39, 0.29) is 24.2 Å². The first-order chi connectivity index (χ1) is 41.0. The SMILES string of the molecule is C[C@@H]1O[C@@H](O[C@H]2[C@H](OC(=O)[C@]34CCC(C)(C)C[C@H]3C3=CCC5[C@@]6(C)C[C@H](O)[C@H](O[C@@H]7O[C@H](C(=O)O)[C@@H](O)[C@H](O)[C@H]7O)[C@@](C)(C(=O)O)C6CC[C@@]5(C)[C@]3(C)CC4)O[C@H](C)[C@H](O)[C@@H]2O[C@@H]2OC[C@](O)(CO)[C@H]2O)[C@H](O)[C@H](O[C@@H]2O[C@H](CO)[C@@H](O)[C@H](O)[C@H]2O)[C@H]1O. The summed E-state index contributed by atoms with van der Waals surface area (Å²) in [6.07, 6.45) is -37.3. The highest BCUT2D eigenvalue weighted by Gasteiger charge is 2.73. The molecule has 0 bridgehead atoms. The summed E-state index contributed by atoms with van der Waals surface area (Å²) in [6, 6.07) is 0. The molecule has 10 rings (SSSR count). The Bertz CT molecular complexity index is 2590. The van der Waals surface area contributed by atoms with E-state index in [1.54, 1.807) is 0 Å². The van der Waals surface area contributed by atoms with E-state index in [0.29, 0.717) is 44.9 Å². The Morgan fingerprint density at radius 1 is 0.602 bits per heavy atom.